The van der Waals surface area contributed by atoms with Crippen LogP contribution in [-0.2, 0) is 19.6 Å². The third kappa shape index (κ3) is 6.02. The number of rotatable bonds is 7. The summed E-state index contributed by atoms with van der Waals surface area (Å²) < 4.78 is 31.9. The highest BCUT2D eigenvalue weighted by Crippen LogP contribution is 2.18. The van der Waals surface area contributed by atoms with E-state index in [1.807, 2.05) is 24.3 Å². The van der Waals surface area contributed by atoms with Gasteiger partial charge in [-0.15, -0.1) is 0 Å². The van der Waals surface area contributed by atoms with Gasteiger partial charge in [0.25, 0.3) is 0 Å². The van der Waals surface area contributed by atoms with Gasteiger partial charge in [0.15, 0.2) is 0 Å². The molecule has 1 rings (SSSR count). The van der Waals surface area contributed by atoms with Crippen LogP contribution in [0.15, 0.2) is 28.7 Å². The average Bonchev–Trinajstić information content (AvgIpc) is 2.36. The predicted octanol–water partition coefficient (Wildman–Crippen LogP) is 2.38. The molecule has 1 aromatic rings. The number of benzene rings is 1. The van der Waals surface area contributed by atoms with Crippen LogP contribution in [0.5, 0.6) is 0 Å². The zero-order chi connectivity index (χ0) is 15.2. The van der Waals surface area contributed by atoms with Crippen LogP contribution in [0.3, 0.4) is 0 Å². The van der Waals surface area contributed by atoms with Crippen LogP contribution in [0.25, 0.3) is 0 Å². The van der Waals surface area contributed by atoms with Crippen LogP contribution in [0.2, 0.25) is 0 Å². The van der Waals surface area contributed by atoms with Crippen molar-refractivity contribution in [1.29, 1.82) is 0 Å². The second-order valence-electron chi connectivity index (χ2n) is 4.27. The largest absolute Gasteiger partial charge is 0.466 e. The van der Waals surface area contributed by atoms with E-state index in [9.17, 15) is 13.2 Å². The van der Waals surface area contributed by atoms with Gasteiger partial charge in [0.2, 0.25) is 10.0 Å². The highest BCUT2D eigenvalue weighted by atomic mass is 79.9. The predicted molar refractivity (Wildman–Crippen MR) is 80.7 cm³/mol. The Kier molecular flexibility index (Phi) is 6.64. The Bertz CT molecular complexity index is 559. The quantitative estimate of drug-likeness (QED) is 0.754. The number of nitrogens with one attached hydrogen (secondary N) is 1. The molecule has 0 bridgehead atoms. The van der Waals surface area contributed by atoms with Gasteiger partial charge in [-0.25, -0.2) is 13.1 Å². The topological polar surface area (TPSA) is 72.5 Å². The molecule has 0 saturated heterocycles. The van der Waals surface area contributed by atoms with Gasteiger partial charge in [0, 0.05) is 10.5 Å². The minimum absolute atomic E-state index is 0.144. The fourth-order valence-corrected chi connectivity index (χ4v) is 3.27. The van der Waals surface area contributed by atoms with E-state index in [0.717, 1.165) is 10.0 Å². The van der Waals surface area contributed by atoms with Gasteiger partial charge < -0.3 is 4.74 Å². The Hall–Kier alpha value is -0.920. The Morgan fingerprint density at radius 3 is 2.75 bits per heavy atom. The lowest BCUT2D eigenvalue weighted by atomic mass is 10.1. The fraction of sp³-hybridized carbons (Fsp3) is 0.462. The van der Waals surface area contributed by atoms with Crippen LogP contribution < -0.4 is 4.72 Å². The summed E-state index contributed by atoms with van der Waals surface area (Å²) >= 11 is 3.34. The summed E-state index contributed by atoms with van der Waals surface area (Å²) in [7, 11) is -3.52. The Labute approximate surface area is 127 Å². The van der Waals surface area contributed by atoms with Crippen LogP contribution in [0.1, 0.15) is 31.9 Å². The number of hydrogen-bond acceptors (Lipinski definition) is 4. The van der Waals surface area contributed by atoms with E-state index in [1.165, 1.54) is 0 Å². The zero-order valence-electron chi connectivity index (χ0n) is 11.4. The van der Waals surface area contributed by atoms with Crippen molar-refractivity contribution in [2.45, 2.75) is 26.3 Å². The van der Waals surface area contributed by atoms with Gasteiger partial charge in [0.05, 0.1) is 18.8 Å². The molecule has 1 aromatic carbocycles. The molecule has 0 amide bonds. The molecule has 1 atom stereocenters. The monoisotopic (exact) mass is 363 g/mol. The normalized spacial score (nSPS) is 12.9. The smallest absolute Gasteiger partial charge is 0.306 e. The molecule has 5 nitrogen and oxygen atoms in total. The van der Waals surface area contributed by atoms with Crippen LogP contribution in [0.4, 0.5) is 0 Å². The maximum Gasteiger partial charge on any atom is 0.306 e. The van der Waals surface area contributed by atoms with Gasteiger partial charge in [0.1, 0.15) is 0 Å². The molecule has 0 aromatic heterocycles. The Morgan fingerprint density at radius 1 is 1.45 bits per heavy atom. The Balaban J connectivity index is 2.59. The summed E-state index contributed by atoms with van der Waals surface area (Å²) in [6.45, 7) is 3.68. The minimum Gasteiger partial charge on any atom is -0.466 e. The molecule has 0 aliphatic carbocycles. The number of ether oxygens (including phenoxy) is 1. The molecule has 1 N–H and O–H groups in total. The molecule has 1 unspecified atom stereocenters. The standard InChI is InChI=1S/C13H18BrNO4S/c1-3-19-13(16)7-8-20(17,18)15-10(2)11-5-4-6-12(14)9-11/h4-6,9-10,15H,3,7-8H2,1-2H3. The van der Waals surface area contributed by atoms with Crippen molar-refractivity contribution in [3.05, 3.63) is 34.3 Å². The van der Waals surface area contributed by atoms with Gasteiger partial charge in [-0.05, 0) is 31.5 Å². The molecule has 20 heavy (non-hydrogen) atoms. The minimum atomic E-state index is -3.52. The van der Waals surface area contributed by atoms with E-state index < -0.39 is 16.0 Å². The van der Waals surface area contributed by atoms with Gasteiger partial charge in [-0.1, -0.05) is 28.1 Å². The highest BCUT2D eigenvalue weighted by Gasteiger charge is 2.17. The molecule has 0 aliphatic rings. The molecule has 0 aliphatic heterocycles. The van der Waals surface area contributed by atoms with E-state index in [-0.39, 0.29) is 24.8 Å². The molecule has 112 valence electrons. The van der Waals surface area contributed by atoms with Crippen LogP contribution >= 0.6 is 15.9 Å². The Morgan fingerprint density at radius 2 is 2.15 bits per heavy atom. The first kappa shape index (κ1) is 17.1. The van der Waals surface area contributed by atoms with Gasteiger partial charge >= 0.3 is 5.97 Å². The third-order valence-corrected chi connectivity index (χ3v) is 4.53. The summed E-state index contributed by atoms with van der Waals surface area (Å²) in [5, 5.41) is 0. The maximum absolute atomic E-state index is 11.9. The number of hydrogen-bond donors (Lipinski definition) is 1. The van der Waals surface area contributed by atoms with Crippen molar-refractivity contribution in [1.82, 2.24) is 4.72 Å². The summed E-state index contributed by atoms with van der Waals surface area (Å²) in [5.74, 6) is -0.780. The first-order valence-electron chi connectivity index (χ1n) is 6.25. The van der Waals surface area contributed by atoms with E-state index in [0.29, 0.717) is 0 Å². The molecule has 7 heteroatoms. The second kappa shape index (κ2) is 7.75. The van der Waals surface area contributed by atoms with Crippen molar-refractivity contribution in [2.24, 2.45) is 0 Å². The number of carbonyl (C=O) groups is 1. The number of carbonyl (C=O) groups excluding carboxylic acids is 1. The lowest BCUT2D eigenvalue weighted by Gasteiger charge is -2.14. The van der Waals surface area contributed by atoms with E-state index in [4.69, 9.17) is 4.74 Å². The SMILES string of the molecule is CCOC(=O)CCS(=O)(=O)NC(C)c1cccc(Br)c1. The molecule has 0 radical (unpaired) electrons. The zero-order valence-corrected chi connectivity index (χ0v) is 13.8. The number of halogens is 1. The molecule has 0 heterocycles. The summed E-state index contributed by atoms with van der Waals surface area (Å²) in [4.78, 5) is 11.2. The van der Waals surface area contributed by atoms with E-state index >= 15 is 0 Å². The average molecular weight is 364 g/mol. The molecule has 0 spiro atoms. The second-order valence-corrected chi connectivity index (χ2v) is 7.06. The summed E-state index contributed by atoms with van der Waals surface area (Å²) in [5.41, 5.74) is 0.846. The van der Waals surface area contributed by atoms with E-state index in [2.05, 4.69) is 20.7 Å². The molecule has 0 fully saturated rings. The van der Waals surface area contributed by atoms with Crippen LogP contribution in [-0.4, -0.2) is 26.7 Å². The van der Waals surface area contributed by atoms with Crippen molar-refractivity contribution in [3.63, 3.8) is 0 Å². The van der Waals surface area contributed by atoms with Gasteiger partial charge in [-0.3, -0.25) is 4.79 Å². The maximum atomic E-state index is 11.9. The fourth-order valence-electron chi connectivity index (χ4n) is 1.62. The summed E-state index contributed by atoms with van der Waals surface area (Å²) in [6.07, 6.45) is -0.144. The molecular formula is C13H18BrNO4S. The van der Waals surface area contributed by atoms with Gasteiger partial charge in [-0.2, -0.15) is 0 Å². The van der Waals surface area contributed by atoms with E-state index in [1.54, 1.807) is 13.8 Å². The van der Waals surface area contributed by atoms with Crippen LogP contribution in [0, 0.1) is 0 Å². The molecular weight excluding hydrogens is 346 g/mol. The number of esters is 1. The lowest BCUT2D eigenvalue weighted by Crippen LogP contribution is -2.30. The van der Waals surface area contributed by atoms with Crippen molar-refractivity contribution < 1.29 is 17.9 Å². The molecule has 0 saturated carbocycles. The number of sulfonamides is 1. The van der Waals surface area contributed by atoms with Crippen molar-refractivity contribution in [3.8, 4) is 0 Å². The first-order chi connectivity index (χ1) is 9.34. The van der Waals surface area contributed by atoms with Crippen molar-refractivity contribution in [2.75, 3.05) is 12.4 Å². The first-order valence-corrected chi connectivity index (χ1v) is 8.69. The summed E-state index contributed by atoms with van der Waals surface area (Å²) in [6, 6.07) is 7.02. The third-order valence-electron chi connectivity index (χ3n) is 2.59. The highest BCUT2D eigenvalue weighted by molar-refractivity contribution is 9.10. The lowest BCUT2D eigenvalue weighted by molar-refractivity contribution is -0.142. The van der Waals surface area contributed by atoms with Crippen molar-refractivity contribution >= 4 is 31.9 Å².